The second-order valence-electron chi connectivity index (χ2n) is 2.99. The average Bonchev–Trinajstić information content (AvgIpc) is 2.23. The predicted molar refractivity (Wildman–Crippen MR) is 62.6 cm³/mol. The molecule has 1 aromatic rings. The molecular weight excluding hydrogens is 210 g/mol. The fourth-order valence-corrected chi connectivity index (χ4v) is 1.76. The molecule has 4 heteroatoms. The highest BCUT2D eigenvalue weighted by atomic mass is 32.2. The van der Waals surface area contributed by atoms with Crippen molar-refractivity contribution in [1.29, 1.82) is 0 Å². The number of esters is 1. The first-order valence-corrected chi connectivity index (χ1v) is 5.28. The van der Waals surface area contributed by atoms with E-state index in [4.69, 9.17) is 5.73 Å². The number of carbonyl (C=O) groups is 1. The van der Waals surface area contributed by atoms with E-state index in [-0.39, 0.29) is 5.97 Å². The van der Waals surface area contributed by atoms with E-state index >= 15 is 0 Å². The van der Waals surface area contributed by atoms with Crippen LogP contribution in [0.5, 0.6) is 0 Å². The van der Waals surface area contributed by atoms with Gasteiger partial charge >= 0.3 is 5.97 Å². The van der Waals surface area contributed by atoms with Crippen LogP contribution in [0.1, 0.15) is 5.56 Å². The van der Waals surface area contributed by atoms with Crippen molar-refractivity contribution >= 4 is 23.4 Å². The highest BCUT2D eigenvalue weighted by Crippen LogP contribution is 2.26. The number of nitrogens with two attached hydrogens (primary N) is 1. The zero-order valence-corrected chi connectivity index (χ0v) is 9.51. The lowest BCUT2D eigenvalue weighted by Crippen LogP contribution is -1.93. The van der Waals surface area contributed by atoms with Gasteiger partial charge in [-0.1, -0.05) is 17.8 Å². The minimum absolute atomic E-state index is 0.367. The summed E-state index contributed by atoms with van der Waals surface area (Å²) in [4.78, 5) is 11.7. The van der Waals surface area contributed by atoms with Crippen molar-refractivity contribution in [2.75, 3.05) is 12.8 Å². The lowest BCUT2D eigenvalue weighted by molar-refractivity contribution is -0.134. The maximum Gasteiger partial charge on any atom is 0.330 e. The van der Waals surface area contributed by atoms with Gasteiger partial charge in [-0.25, -0.2) is 4.79 Å². The van der Waals surface area contributed by atoms with E-state index in [0.717, 1.165) is 10.5 Å². The zero-order chi connectivity index (χ0) is 11.3. The van der Waals surface area contributed by atoms with Gasteiger partial charge in [0.2, 0.25) is 0 Å². The van der Waals surface area contributed by atoms with Gasteiger partial charge in [0, 0.05) is 16.7 Å². The summed E-state index contributed by atoms with van der Waals surface area (Å²) in [5.74, 6) is -0.367. The third-order valence-electron chi connectivity index (χ3n) is 1.77. The number of anilines is 1. The van der Waals surface area contributed by atoms with Gasteiger partial charge in [-0.3, -0.25) is 0 Å². The van der Waals surface area contributed by atoms with Gasteiger partial charge in [0.05, 0.1) is 7.11 Å². The monoisotopic (exact) mass is 223 g/mol. The second-order valence-corrected chi connectivity index (χ2v) is 3.93. The molecule has 15 heavy (non-hydrogen) atoms. The highest BCUT2D eigenvalue weighted by Gasteiger charge is 1.98. The topological polar surface area (TPSA) is 52.3 Å². The number of methoxy groups -OCH3 is 1. The Hall–Kier alpha value is -1.42. The van der Waals surface area contributed by atoms with Crippen LogP contribution in [0.15, 0.2) is 34.6 Å². The summed E-state index contributed by atoms with van der Waals surface area (Å²) < 4.78 is 4.47. The van der Waals surface area contributed by atoms with Crippen LogP contribution in [0.25, 0.3) is 0 Å². The summed E-state index contributed by atoms with van der Waals surface area (Å²) in [5.41, 5.74) is 7.61. The van der Waals surface area contributed by atoms with Gasteiger partial charge in [0.15, 0.2) is 0 Å². The Morgan fingerprint density at radius 2 is 2.27 bits per heavy atom. The molecule has 0 bridgehead atoms. The van der Waals surface area contributed by atoms with Crippen molar-refractivity contribution in [3.8, 4) is 0 Å². The molecular formula is C11H13NO2S. The Bertz CT molecular complexity index is 388. The molecule has 0 aliphatic heterocycles. The standard InChI is InChI=1S/C11H13NO2S/c1-8-3-4-9(12)10(7-8)15-6-5-11(13)14-2/h3-7H,12H2,1-2H3. The van der Waals surface area contributed by atoms with Gasteiger partial charge in [0.25, 0.3) is 0 Å². The molecule has 80 valence electrons. The summed E-state index contributed by atoms with van der Waals surface area (Å²) in [6, 6.07) is 5.77. The van der Waals surface area contributed by atoms with Crippen LogP contribution in [0.3, 0.4) is 0 Å². The lowest BCUT2D eigenvalue weighted by Gasteiger charge is -2.02. The summed E-state index contributed by atoms with van der Waals surface area (Å²) >= 11 is 1.40. The van der Waals surface area contributed by atoms with Crippen LogP contribution in [0.2, 0.25) is 0 Å². The maximum absolute atomic E-state index is 10.8. The quantitative estimate of drug-likeness (QED) is 0.370. The smallest absolute Gasteiger partial charge is 0.330 e. The van der Waals surface area contributed by atoms with Gasteiger partial charge in [-0.05, 0) is 30.0 Å². The lowest BCUT2D eigenvalue weighted by atomic mass is 10.2. The fraction of sp³-hybridized carbons (Fsp3) is 0.182. The first-order chi connectivity index (χ1) is 7.13. The summed E-state index contributed by atoms with van der Waals surface area (Å²) in [6.45, 7) is 1.99. The minimum atomic E-state index is -0.367. The van der Waals surface area contributed by atoms with E-state index in [1.807, 2.05) is 25.1 Å². The molecule has 1 aromatic carbocycles. The van der Waals surface area contributed by atoms with E-state index in [9.17, 15) is 4.79 Å². The zero-order valence-electron chi connectivity index (χ0n) is 8.69. The third kappa shape index (κ3) is 3.67. The SMILES string of the molecule is COC(=O)C=CSc1cc(C)ccc1N. The summed E-state index contributed by atoms with van der Waals surface area (Å²) in [7, 11) is 1.35. The van der Waals surface area contributed by atoms with Crippen molar-refractivity contribution < 1.29 is 9.53 Å². The second kappa shape index (κ2) is 5.46. The largest absolute Gasteiger partial charge is 0.466 e. The molecule has 2 N–H and O–H groups in total. The number of benzene rings is 1. The number of ether oxygens (including phenoxy) is 1. The minimum Gasteiger partial charge on any atom is -0.466 e. The Labute approximate surface area is 93.3 Å². The molecule has 0 aliphatic rings. The third-order valence-corrected chi connectivity index (χ3v) is 2.65. The molecule has 3 nitrogen and oxygen atoms in total. The van der Waals surface area contributed by atoms with Crippen molar-refractivity contribution in [1.82, 2.24) is 0 Å². The molecule has 0 saturated heterocycles. The number of hydrogen-bond donors (Lipinski definition) is 1. The molecule has 0 heterocycles. The Kier molecular flexibility index (Phi) is 4.24. The molecule has 0 fully saturated rings. The van der Waals surface area contributed by atoms with E-state index < -0.39 is 0 Å². The number of thioether (sulfide) groups is 1. The normalized spacial score (nSPS) is 10.5. The van der Waals surface area contributed by atoms with Crippen LogP contribution in [0.4, 0.5) is 5.69 Å². The summed E-state index contributed by atoms with van der Waals surface area (Å²) in [5, 5.41) is 1.66. The first kappa shape index (κ1) is 11.7. The molecule has 0 spiro atoms. The molecule has 0 aromatic heterocycles. The molecule has 0 atom stereocenters. The van der Waals surface area contributed by atoms with Crippen LogP contribution in [-0.2, 0) is 9.53 Å². The number of hydrogen-bond acceptors (Lipinski definition) is 4. The van der Waals surface area contributed by atoms with Gasteiger partial charge < -0.3 is 10.5 Å². The van der Waals surface area contributed by atoms with Gasteiger partial charge in [-0.15, -0.1) is 0 Å². The Balaban J connectivity index is 2.68. The Morgan fingerprint density at radius 1 is 1.53 bits per heavy atom. The van der Waals surface area contributed by atoms with E-state index in [1.54, 1.807) is 5.41 Å². The fourth-order valence-electron chi connectivity index (χ4n) is 0.975. The predicted octanol–water partition coefficient (Wildman–Crippen LogP) is 2.36. The highest BCUT2D eigenvalue weighted by molar-refractivity contribution is 8.02. The van der Waals surface area contributed by atoms with Crippen molar-refractivity contribution in [3.63, 3.8) is 0 Å². The number of rotatable bonds is 3. The van der Waals surface area contributed by atoms with Gasteiger partial charge in [-0.2, -0.15) is 0 Å². The maximum atomic E-state index is 10.8. The van der Waals surface area contributed by atoms with Crippen LogP contribution in [-0.4, -0.2) is 13.1 Å². The number of aryl methyl sites for hydroxylation is 1. The number of nitrogen functional groups attached to an aromatic ring is 1. The van der Waals surface area contributed by atoms with Crippen LogP contribution < -0.4 is 5.73 Å². The summed E-state index contributed by atoms with van der Waals surface area (Å²) in [6.07, 6.45) is 1.37. The Morgan fingerprint density at radius 3 is 2.93 bits per heavy atom. The first-order valence-electron chi connectivity index (χ1n) is 4.41. The van der Waals surface area contributed by atoms with E-state index in [1.165, 1.54) is 24.9 Å². The van der Waals surface area contributed by atoms with E-state index in [0.29, 0.717) is 5.69 Å². The van der Waals surface area contributed by atoms with Crippen LogP contribution >= 0.6 is 11.8 Å². The van der Waals surface area contributed by atoms with Crippen molar-refractivity contribution in [2.24, 2.45) is 0 Å². The van der Waals surface area contributed by atoms with Crippen molar-refractivity contribution in [2.45, 2.75) is 11.8 Å². The average molecular weight is 223 g/mol. The molecule has 0 radical (unpaired) electrons. The molecule has 1 rings (SSSR count). The van der Waals surface area contributed by atoms with Crippen molar-refractivity contribution in [3.05, 3.63) is 35.2 Å². The molecule has 0 aliphatic carbocycles. The van der Waals surface area contributed by atoms with Gasteiger partial charge in [0.1, 0.15) is 0 Å². The van der Waals surface area contributed by atoms with Crippen LogP contribution in [0, 0.1) is 6.92 Å². The van der Waals surface area contributed by atoms with E-state index in [2.05, 4.69) is 4.74 Å². The molecule has 0 saturated carbocycles. The molecule has 0 unspecified atom stereocenters. The molecule has 0 amide bonds. The number of carbonyl (C=O) groups excluding carboxylic acids is 1.